The Kier molecular flexibility index (Phi) is 4.74. The van der Waals surface area contributed by atoms with Crippen LogP contribution in [0.4, 0.5) is 8.78 Å². The zero-order valence-electron chi connectivity index (χ0n) is 14.3. The van der Waals surface area contributed by atoms with Crippen molar-refractivity contribution in [3.05, 3.63) is 0 Å². The largest absolute Gasteiger partial charge is 0.384 e. The number of halogens is 2. The van der Waals surface area contributed by atoms with Gasteiger partial charge in [-0.1, -0.05) is 13.8 Å². The average molecular weight is 316 g/mol. The number of aliphatic hydroxyl groups is 1. The van der Waals surface area contributed by atoms with Gasteiger partial charge < -0.3 is 5.11 Å². The monoisotopic (exact) mass is 316 g/mol. The van der Waals surface area contributed by atoms with Crippen LogP contribution in [-0.2, 0) is 4.79 Å². The van der Waals surface area contributed by atoms with Gasteiger partial charge in [-0.3, -0.25) is 4.79 Å². The highest BCUT2D eigenvalue weighted by Gasteiger charge is 2.53. The molecule has 22 heavy (non-hydrogen) atoms. The molecule has 0 aliphatic heterocycles. The lowest BCUT2D eigenvalue weighted by atomic mass is 9.62. The molecule has 4 atom stereocenters. The fraction of sp³-hybridized carbons (Fsp3) is 0.944. The summed E-state index contributed by atoms with van der Waals surface area (Å²) in [6, 6.07) is 0. The zero-order chi connectivity index (χ0) is 16.8. The molecule has 1 unspecified atom stereocenters. The van der Waals surface area contributed by atoms with Crippen molar-refractivity contribution in [2.24, 2.45) is 23.2 Å². The SMILES string of the molecule is C[C@H](CCC(F)(F)C(C)(C)O)C1CC[C@H]2C(=O)CCC[C@]12C. The number of carbonyl (C=O) groups excluding carboxylic acids is 1. The number of Topliss-reactive ketones (excluding diaryl/α,β-unsaturated/α-hetero) is 1. The Bertz CT molecular complexity index is 427. The van der Waals surface area contributed by atoms with Gasteiger partial charge in [-0.15, -0.1) is 0 Å². The van der Waals surface area contributed by atoms with Crippen molar-refractivity contribution in [2.75, 3.05) is 0 Å². The van der Waals surface area contributed by atoms with Crippen molar-refractivity contribution in [1.82, 2.24) is 0 Å². The molecule has 2 aliphatic rings. The first kappa shape index (κ1) is 17.8. The van der Waals surface area contributed by atoms with Gasteiger partial charge in [0.15, 0.2) is 0 Å². The summed E-state index contributed by atoms with van der Waals surface area (Å²) in [6.45, 7) is 6.57. The summed E-state index contributed by atoms with van der Waals surface area (Å²) >= 11 is 0. The van der Waals surface area contributed by atoms with E-state index in [0.717, 1.165) is 25.7 Å². The highest BCUT2D eigenvalue weighted by atomic mass is 19.3. The first-order valence-corrected chi connectivity index (χ1v) is 8.62. The van der Waals surface area contributed by atoms with E-state index in [1.807, 2.05) is 6.92 Å². The van der Waals surface area contributed by atoms with Gasteiger partial charge in [-0.05, 0) is 63.2 Å². The van der Waals surface area contributed by atoms with Gasteiger partial charge in [0, 0.05) is 18.8 Å². The third-order valence-electron chi connectivity index (χ3n) is 6.43. The van der Waals surface area contributed by atoms with Gasteiger partial charge in [0.25, 0.3) is 5.92 Å². The van der Waals surface area contributed by atoms with Crippen LogP contribution in [-0.4, -0.2) is 22.4 Å². The second kappa shape index (κ2) is 5.85. The molecule has 2 fully saturated rings. The average Bonchev–Trinajstić information content (AvgIpc) is 2.73. The molecule has 2 saturated carbocycles. The number of fused-ring (bicyclic) bond motifs is 1. The molecule has 0 saturated heterocycles. The molecule has 128 valence electrons. The summed E-state index contributed by atoms with van der Waals surface area (Å²) in [5.41, 5.74) is -1.98. The Morgan fingerprint density at radius 1 is 1.36 bits per heavy atom. The molecule has 2 nitrogen and oxygen atoms in total. The Labute approximate surface area is 132 Å². The van der Waals surface area contributed by atoms with E-state index in [0.29, 0.717) is 24.5 Å². The van der Waals surface area contributed by atoms with Crippen LogP contribution >= 0.6 is 0 Å². The van der Waals surface area contributed by atoms with Crippen LogP contribution in [0.2, 0.25) is 0 Å². The van der Waals surface area contributed by atoms with Gasteiger partial charge in [0.1, 0.15) is 11.4 Å². The van der Waals surface area contributed by atoms with Crippen molar-refractivity contribution in [3.63, 3.8) is 0 Å². The Hall–Kier alpha value is -0.510. The summed E-state index contributed by atoms with van der Waals surface area (Å²) in [5, 5.41) is 9.60. The summed E-state index contributed by atoms with van der Waals surface area (Å²) in [5.74, 6) is -2.04. The van der Waals surface area contributed by atoms with Gasteiger partial charge in [0.2, 0.25) is 0 Å². The fourth-order valence-corrected chi connectivity index (χ4v) is 4.82. The molecule has 0 amide bonds. The Balaban J connectivity index is 2.02. The van der Waals surface area contributed by atoms with Crippen LogP contribution in [0.1, 0.15) is 72.6 Å². The number of carbonyl (C=O) groups is 1. The summed E-state index contributed by atoms with van der Waals surface area (Å²) < 4.78 is 27.9. The summed E-state index contributed by atoms with van der Waals surface area (Å²) in [4.78, 5) is 12.1. The van der Waals surface area contributed by atoms with Crippen LogP contribution in [0, 0.1) is 23.2 Å². The van der Waals surface area contributed by atoms with E-state index < -0.39 is 11.5 Å². The standard InChI is InChI=1S/C18H30F2O2/c1-12(9-11-18(19,20)16(2,3)22)13-7-8-14-15(21)6-5-10-17(13,14)4/h12-14,22H,5-11H2,1-4H3/t12-,13?,14+,17-/m1/s1. The third-order valence-corrected chi connectivity index (χ3v) is 6.43. The summed E-state index contributed by atoms with van der Waals surface area (Å²) in [6.07, 6.45) is 4.68. The van der Waals surface area contributed by atoms with E-state index in [2.05, 4.69) is 6.92 Å². The van der Waals surface area contributed by atoms with E-state index in [1.54, 1.807) is 0 Å². The molecule has 0 radical (unpaired) electrons. The molecular weight excluding hydrogens is 286 g/mol. The molecule has 2 rings (SSSR count). The van der Waals surface area contributed by atoms with Gasteiger partial charge in [-0.25, -0.2) is 8.78 Å². The van der Waals surface area contributed by atoms with Crippen LogP contribution in [0.5, 0.6) is 0 Å². The molecule has 0 aromatic rings. The molecule has 2 aliphatic carbocycles. The second-order valence-electron chi connectivity index (χ2n) is 8.34. The maximum absolute atomic E-state index is 14.0. The third kappa shape index (κ3) is 3.08. The van der Waals surface area contributed by atoms with Crippen LogP contribution < -0.4 is 0 Å². The van der Waals surface area contributed by atoms with Crippen molar-refractivity contribution >= 4 is 5.78 Å². The first-order chi connectivity index (χ1) is 9.99. The highest BCUT2D eigenvalue weighted by Crippen LogP contribution is 2.57. The first-order valence-electron chi connectivity index (χ1n) is 8.62. The molecule has 0 aromatic heterocycles. The normalized spacial score (nSPS) is 34.6. The van der Waals surface area contributed by atoms with Crippen molar-refractivity contribution < 1.29 is 18.7 Å². The highest BCUT2D eigenvalue weighted by molar-refractivity contribution is 5.83. The number of rotatable bonds is 5. The minimum atomic E-state index is -3.07. The molecule has 1 N–H and O–H groups in total. The van der Waals surface area contributed by atoms with E-state index in [9.17, 15) is 18.7 Å². The maximum Gasteiger partial charge on any atom is 0.275 e. The van der Waals surface area contributed by atoms with Crippen LogP contribution in [0.15, 0.2) is 0 Å². The lowest BCUT2D eigenvalue weighted by molar-refractivity contribution is -0.168. The van der Waals surface area contributed by atoms with Crippen LogP contribution in [0.25, 0.3) is 0 Å². The topological polar surface area (TPSA) is 37.3 Å². The second-order valence-corrected chi connectivity index (χ2v) is 8.34. The van der Waals surface area contributed by atoms with Gasteiger partial charge in [0.05, 0.1) is 0 Å². The van der Waals surface area contributed by atoms with E-state index >= 15 is 0 Å². The smallest absolute Gasteiger partial charge is 0.275 e. The van der Waals surface area contributed by atoms with Crippen LogP contribution in [0.3, 0.4) is 0 Å². The van der Waals surface area contributed by atoms with Gasteiger partial charge >= 0.3 is 0 Å². The van der Waals surface area contributed by atoms with E-state index in [-0.39, 0.29) is 23.7 Å². The lowest BCUT2D eigenvalue weighted by Gasteiger charge is -2.42. The molecule has 0 bridgehead atoms. The predicted molar refractivity (Wildman–Crippen MR) is 82.8 cm³/mol. The summed E-state index contributed by atoms with van der Waals surface area (Å²) in [7, 11) is 0. The molecule has 4 heteroatoms. The maximum atomic E-state index is 14.0. The molecular formula is C18H30F2O2. The Morgan fingerprint density at radius 2 is 2.00 bits per heavy atom. The lowest BCUT2D eigenvalue weighted by Crippen LogP contribution is -2.43. The predicted octanol–water partition coefficient (Wildman–Crippen LogP) is 4.59. The fourth-order valence-electron chi connectivity index (χ4n) is 4.82. The number of hydrogen-bond donors (Lipinski definition) is 1. The van der Waals surface area contributed by atoms with E-state index in [4.69, 9.17) is 0 Å². The van der Waals surface area contributed by atoms with Crippen molar-refractivity contribution in [1.29, 1.82) is 0 Å². The minimum absolute atomic E-state index is 0.00122. The quantitative estimate of drug-likeness (QED) is 0.805. The van der Waals surface area contributed by atoms with Crippen molar-refractivity contribution in [2.45, 2.75) is 84.2 Å². The zero-order valence-corrected chi connectivity index (χ0v) is 14.3. The van der Waals surface area contributed by atoms with Gasteiger partial charge in [-0.2, -0.15) is 0 Å². The molecule has 0 spiro atoms. The van der Waals surface area contributed by atoms with E-state index in [1.165, 1.54) is 13.8 Å². The molecule has 0 aromatic carbocycles. The minimum Gasteiger partial charge on any atom is -0.384 e. The number of ketones is 1. The number of alkyl halides is 2. The van der Waals surface area contributed by atoms with Crippen molar-refractivity contribution in [3.8, 4) is 0 Å². The Morgan fingerprint density at radius 3 is 2.59 bits per heavy atom. The number of hydrogen-bond acceptors (Lipinski definition) is 2. The molecule has 0 heterocycles.